The van der Waals surface area contributed by atoms with Crippen molar-refractivity contribution < 1.29 is 0 Å². The van der Waals surface area contributed by atoms with Crippen molar-refractivity contribution in [1.29, 1.82) is 0 Å². The standard InChI is InChI=1S/C14H20BrN/c1-3-14(4-2)10-16-9-13(14)11-6-5-7-12(15)8-11/h5-8,13,16H,3-4,9-10H2,1-2H3/t13-/m1/s1. The third-order valence-corrected chi connectivity index (χ3v) is 4.72. The van der Waals surface area contributed by atoms with Crippen LogP contribution in [0.15, 0.2) is 28.7 Å². The van der Waals surface area contributed by atoms with Gasteiger partial charge in [0, 0.05) is 23.5 Å². The van der Waals surface area contributed by atoms with E-state index in [1.54, 1.807) is 0 Å². The van der Waals surface area contributed by atoms with Crippen molar-refractivity contribution in [3.05, 3.63) is 34.3 Å². The zero-order valence-corrected chi connectivity index (χ0v) is 11.7. The Bertz CT molecular complexity index is 358. The number of rotatable bonds is 3. The summed E-state index contributed by atoms with van der Waals surface area (Å²) in [6.45, 7) is 6.93. The summed E-state index contributed by atoms with van der Waals surface area (Å²) in [7, 11) is 0. The van der Waals surface area contributed by atoms with Crippen LogP contribution in [-0.2, 0) is 0 Å². The van der Waals surface area contributed by atoms with Crippen LogP contribution in [0.25, 0.3) is 0 Å². The quantitative estimate of drug-likeness (QED) is 0.885. The summed E-state index contributed by atoms with van der Waals surface area (Å²) in [4.78, 5) is 0. The van der Waals surface area contributed by atoms with Gasteiger partial charge < -0.3 is 5.32 Å². The van der Waals surface area contributed by atoms with Crippen LogP contribution in [0.4, 0.5) is 0 Å². The Morgan fingerprint density at radius 3 is 2.75 bits per heavy atom. The lowest BCUT2D eigenvalue weighted by Gasteiger charge is -2.33. The maximum absolute atomic E-state index is 3.57. The zero-order valence-electron chi connectivity index (χ0n) is 10.1. The lowest BCUT2D eigenvalue weighted by Crippen LogP contribution is -2.27. The molecule has 0 bridgehead atoms. The minimum atomic E-state index is 0.459. The third kappa shape index (κ3) is 2.05. The Kier molecular flexibility index (Phi) is 3.70. The second-order valence-electron chi connectivity index (χ2n) is 4.81. The minimum Gasteiger partial charge on any atom is -0.316 e. The van der Waals surface area contributed by atoms with Crippen molar-refractivity contribution in [3.63, 3.8) is 0 Å². The smallest absolute Gasteiger partial charge is 0.0178 e. The van der Waals surface area contributed by atoms with Crippen LogP contribution in [-0.4, -0.2) is 13.1 Å². The second-order valence-corrected chi connectivity index (χ2v) is 5.72. The number of hydrogen-bond donors (Lipinski definition) is 1. The fourth-order valence-corrected chi connectivity index (χ4v) is 3.41. The molecule has 0 spiro atoms. The fourth-order valence-electron chi connectivity index (χ4n) is 2.99. The molecule has 0 radical (unpaired) electrons. The predicted octanol–water partition coefficient (Wildman–Crippen LogP) is 3.94. The lowest BCUT2D eigenvalue weighted by atomic mass is 9.71. The summed E-state index contributed by atoms with van der Waals surface area (Å²) < 4.78 is 1.19. The molecule has 1 heterocycles. The van der Waals surface area contributed by atoms with Crippen LogP contribution in [0.3, 0.4) is 0 Å². The highest BCUT2D eigenvalue weighted by Gasteiger charge is 2.40. The molecule has 1 aromatic carbocycles. The average molecular weight is 282 g/mol. The normalized spacial score (nSPS) is 23.6. The summed E-state index contributed by atoms with van der Waals surface area (Å²) in [6.07, 6.45) is 2.52. The van der Waals surface area contributed by atoms with Gasteiger partial charge in [0.2, 0.25) is 0 Å². The van der Waals surface area contributed by atoms with Gasteiger partial charge in [0.25, 0.3) is 0 Å². The molecule has 1 aliphatic rings. The van der Waals surface area contributed by atoms with Gasteiger partial charge in [0.05, 0.1) is 0 Å². The summed E-state index contributed by atoms with van der Waals surface area (Å²) in [5.74, 6) is 0.667. The van der Waals surface area contributed by atoms with E-state index < -0.39 is 0 Å². The number of halogens is 1. The fraction of sp³-hybridized carbons (Fsp3) is 0.571. The van der Waals surface area contributed by atoms with Crippen LogP contribution >= 0.6 is 15.9 Å². The predicted molar refractivity (Wildman–Crippen MR) is 72.8 cm³/mol. The summed E-state index contributed by atoms with van der Waals surface area (Å²) in [5.41, 5.74) is 1.93. The first-order valence-corrected chi connectivity index (χ1v) is 6.97. The summed E-state index contributed by atoms with van der Waals surface area (Å²) in [5, 5.41) is 3.57. The van der Waals surface area contributed by atoms with E-state index in [4.69, 9.17) is 0 Å². The second kappa shape index (κ2) is 4.89. The molecule has 1 atom stereocenters. The van der Waals surface area contributed by atoms with Crippen molar-refractivity contribution in [3.8, 4) is 0 Å². The topological polar surface area (TPSA) is 12.0 Å². The maximum Gasteiger partial charge on any atom is 0.0178 e. The maximum atomic E-state index is 3.57. The molecule has 1 N–H and O–H groups in total. The van der Waals surface area contributed by atoms with E-state index in [1.807, 2.05) is 0 Å². The molecule has 1 saturated heterocycles. The lowest BCUT2D eigenvalue weighted by molar-refractivity contribution is 0.260. The van der Waals surface area contributed by atoms with Gasteiger partial charge in [-0.1, -0.05) is 41.9 Å². The summed E-state index contributed by atoms with van der Waals surface area (Å²) in [6, 6.07) is 8.79. The highest BCUT2D eigenvalue weighted by Crippen LogP contribution is 2.44. The molecule has 0 saturated carbocycles. The van der Waals surface area contributed by atoms with Crippen molar-refractivity contribution in [2.75, 3.05) is 13.1 Å². The van der Waals surface area contributed by atoms with E-state index in [9.17, 15) is 0 Å². The molecule has 0 amide bonds. The Hall–Kier alpha value is -0.340. The average Bonchev–Trinajstić information content (AvgIpc) is 2.73. The number of benzene rings is 1. The van der Waals surface area contributed by atoms with Gasteiger partial charge in [-0.2, -0.15) is 0 Å². The molecular formula is C14H20BrN. The minimum absolute atomic E-state index is 0.459. The molecule has 0 aromatic heterocycles. The van der Waals surface area contributed by atoms with Gasteiger partial charge in [-0.25, -0.2) is 0 Å². The summed E-state index contributed by atoms with van der Waals surface area (Å²) >= 11 is 3.57. The molecule has 2 rings (SSSR count). The van der Waals surface area contributed by atoms with Crippen LogP contribution in [0.1, 0.15) is 38.2 Å². The molecule has 1 aliphatic heterocycles. The van der Waals surface area contributed by atoms with Crippen molar-refractivity contribution >= 4 is 15.9 Å². The highest BCUT2D eigenvalue weighted by molar-refractivity contribution is 9.10. The Morgan fingerprint density at radius 2 is 2.12 bits per heavy atom. The van der Waals surface area contributed by atoms with Gasteiger partial charge in [-0.05, 0) is 36.0 Å². The van der Waals surface area contributed by atoms with Gasteiger partial charge in [0.15, 0.2) is 0 Å². The van der Waals surface area contributed by atoms with Crippen LogP contribution < -0.4 is 5.32 Å². The van der Waals surface area contributed by atoms with Crippen LogP contribution in [0.2, 0.25) is 0 Å². The highest BCUT2D eigenvalue weighted by atomic mass is 79.9. The van der Waals surface area contributed by atoms with Gasteiger partial charge >= 0.3 is 0 Å². The van der Waals surface area contributed by atoms with Crippen molar-refractivity contribution in [2.24, 2.45) is 5.41 Å². The largest absolute Gasteiger partial charge is 0.316 e. The first-order valence-electron chi connectivity index (χ1n) is 6.18. The molecule has 88 valence electrons. The Morgan fingerprint density at radius 1 is 1.38 bits per heavy atom. The molecule has 0 aliphatic carbocycles. The monoisotopic (exact) mass is 281 g/mol. The van der Waals surface area contributed by atoms with Crippen LogP contribution in [0, 0.1) is 5.41 Å². The van der Waals surface area contributed by atoms with Gasteiger partial charge in [-0.15, -0.1) is 0 Å². The molecule has 1 fully saturated rings. The van der Waals surface area contributed by atoms with Crippen molar-refractivity contribution in [2.45, 2.75) is 32.6 Å². The SMILES string of the molecule is CCC1(CC)CNC[C@@H]1c1cccc(Br)c1. The van der Waals surface area contributed by atoms with Crippen LogP contribution in [0.5, 0.6) is 0 Å². The Balaban J connectivity index is 2.32. The van der Waals surface area contributed by atoms with E-state index in [0.29, 0.717) is 11.3 Å². The first kappa shape index (κ1) is 12.1. The molecule has 0 unspecified atom stereocenters. The molecule has 2 heteroatoms. The van der Waals surface area contributed by atoms with E-state index >= 15 is 0 Å². The molecule has 1 aromatic rings. The van der Waals surface area contributed by atoms with Gasteiger partial charge in [-0.3, -0.25) is 0 Å². The number of nitrogens with one attached hydrogen (secondary N) is 1. The van der Waals surface area contributed by atoms with E-state index in [-0.39, 0.29) is 0 Å². The van der Waals surface area contributed by atoms with E-state index in [2.05, 4.69) is 59.4 Å². The zero-order chi connectivity index (χ0) is 11.6. The first-order chi connectivity index (χ1) is 7.72. The van der Waals surface area contributed by atoms with Crippen molar-refractivity contribution in [1.82, 2.24) is 5.32 Å². The third-order valence-electron chi connectivity index (χ3n) is 4.22. The van der Waals surface area contributed by atoms with E-state index in [1.165, 1.54) is 22.9 Å². The molecule has 1 nitrogen and oxygen atoms in total. The van der Waals surface area contributed by atoms with E-state index in [0.717, 1.165) is 13.1 Å². The van der Waals surface area contributed by atoms with Gasteiger partial charge in [0.1, 0.15) is 0 Å². The Labute approximate surface area is 107 Å². The molecular weight excluding hydrogens is 262 g/mol. The number of hydrogen-bond acceptors (Lipinski definition) is 1. The molecule has 16 heavy (non-hydrogen) atoms.